The van der Waals surface area contributed by atoms with Crippen molar-refractivity contribution in [1.29, 1.82) is 0 Å². The lowest BCUT2D eigenvalue weighted by atomic mass is 10.0. The number of rotatable bonds is 12. The van der Waals surface area contributed by atoms with Gasteiger partial charge in [0, 0.05) is 29.4 Å². The molecule has 4 heterocycles. The molecule has 22 heteroatoms. The zero-order chi connectivity index (χ0) is 33.2. The number of aromatic nitrogens is 4. The smallest absolute Gasteiger partial charge is 0.411 e. The molecule has 242 valence electrons. The Morgan fingerprint density at radius 1 is 1.31 bits per heavy atom. The summed E-state index contributed by atoms with van der Waals surface area (Å²) in [5.41, 5.74) is 14.8. The van der Waals surface area contributed by atoms with E-state index >= 15 is 0 Å². The van der Waals surface area contributed by atoms with Gasteiger partial charge in [0.05, 0.1) is 18.7 Å². The molecule has 2 aromatic rings. The second-order valence-electron chi connectivity index (χ2n) is 10.0. The number of carbonyl (C=O) groups is 5. The number of amides is 3. The molecule has 1 fully saturated rings. The first-order valence-corrected chi connectivity index (χ1v) is 14.7. The predicted molar refractivity (Wildman–Crippen MR) is 155 cm³/mol. The SMILES string of the molecule is Cn1c(N)c(NC(=O)OCCN)c[n+]1CC1=C(C(=O)[O-])N2C(=O)[C@@H](NC(=O)/C(=N\OC(C)(C)C(=O)O)c3nsc(N)n3)[C@H]2SC1. The molecule has 9 N–H and O–H groups in total. The minimum atomic E-state index is -1.83. The van der Waals surface area contributed by atoms with E-state index in [0.29, 0.717) is 5.57 Å². The molecule has 2 aliphatic heterocycles. The van der Waals surface area contributed by atoms with Crippen molar-refractivity contribution in [3.8, 4) is 0 Å². The number of nitrogens with zero attached hydrogens (tertiary/aromatic N) is 6. The maximum absolute atomic E-state index is 13.2. The average molecular weight is 668 g/mol. The molecule has 45 heavy (non-hydrogen) atoms. The monoisotopic (exact) mass is 667 g/mol. The summed E-state index contributed by atoms with van der Waals surface area (Å²) in [6.45, 7) is 2.47. The number of nitrogens with two attached hydrogens (primary N) is 3. The summed E-state index contributed by atoms with van der Waals surface area (Å²) in [5.74, 6) is -4.74. The van der Waals surface area contributed by atoms with Gasteiger partial charge >= 0.3 is 12.1 Å². The van der Waals surface area contributed by atoms with Crippen molar-refractivity contribution >= 4 is 75.5 Å². The Bertz CT molecular complexity index is 1620. The largest absolute Gasteiger partial charge is 0.543 e. The highest BCUT2D eigenvalue weighted by molar-refractivity contribution is 8.00. The number of oxime groups is 1. The van der Waals surface area contributed by atoms with Crippen LogP contribution in [0.3, 0.4) is 0 Å². The fourth-order valence-corrected chi connectivity index (χ4v) is 5.84. The molecule has 0 spiro atoms. The van der Waals surface area contributed by atoms with E-state index in [0.717, 1.165) is 16.4 Å². The molecule has 2 aliphatic rings. The van der Waals surface area contributed by atoms with Crippen LogP contribution in [-0.4, -0.2) is 95.5 Å². The van der Waals surface area contributed by atoms with Crippen molar-refractivity contribution in [3.05, 3.63) is 23.3 Å². The second-order valence-corrected chi connectivity index (χ2v) is 11.9. The highest BCUT2D eigenvalue weighted by Gasteiger charge is 2.53. The lowest BCUT2D eigenvalue weighted by molar-refractivity contribution is -0.765. The number of hydrogen-bond acceptors (Lipinski definition) is 16. The van der Waals surface area contributed by atoms with Gasteiger partial charge in [-0.25, -0.2) is 9.59 Å². The highest BCUT2D eigenvalue weighted by Crippen LogP contribution is 2.40. The third-order valence-corrected chi connectivity index (χ3v) is 8.39. The summed E-state index contributed by atoms with van der Waals surface area (Å²) < 4.78 is 11.8. The van der Waals surface area contributed by atoms with Crippen LogP contribution >= 0.6 is 23.3 Å². The van der Waals surface area contributed by atoms with Crippen LogP contribution in [0.15, 0.2) is 22.6 Å². The summed E-state index contributed by atoms with van der Waals surface area (Å²) in [7, 11) is 1.58. The van der Waals surface area contributed by atoms with Gasteiger partial charge in [0.2, 0.25) is 23.3 Å². The minimum absolute atomic E-state index is 0.00862. The summed E-state index contributed by atoms with van der Waals surface area (Å²) in [4.78, 5) is 72.0. The zero-order valence-corrected chi connectivity index (χ0v) is 25.6. The van der Waals surface area contributed by atoms with E-state index in [1.54, 1.807) is 7.05 Å². The molecule has 0 aromatic carbocycles. The van der Waals surface area contributed by atoms with Crippen molar-refractivity contribution < 1.29 is 48.4 Å². The summed E-state index contributed by atoms with van der Waals surface area (Å²) in [5, 5.41) is 29.3. The summed E-state index contributed by atoms with van der Waals surface area (Å²) in [6.07, 6.45) is 0.680. The molecule has 2 aromatic heterocycles. The molecule has 0 radical (unpaired) electrons. The number of aliphatic carboxylic acids is 2. The normalized spacial score (nSPS) is 18.2. The van der Waals surface area contributed by atoms with Crippen molar-refractivity contribution in [2.45, 2.75) is 37.4 Å². The van der Waals surface area contributed by atoms with E-state index in [1.165, 1.54) is 41.2 Å². The molecular formula is C23H29N11O9S2. The van der Waals surface area contributed by atoms with Crippen LogP contribution in [0.1, 0.15) is 19.7 Å². The molecule has 0 saturated carbocycles. The minimum Gasteiger partial charge on any atom is -0.543 e. The van der Waals surface area contributed by atoms with E-state index in [2.05, 4.69) is 25.1 Å². The lowest BCUT2D eigenvalue weighted by Crippen LogP contribution is -2.71. The van der Waals surface area contributed by atoms with Gasteiger partial charge in [0.1, 0.15) is 18.0 Å². The van der Waals surface area contributed by atoms with Crippen LogP contribution in [0.5, 0.6) is 0 Å². The molecule has 3 amide bonds. The van der Waals surface area contributed by atoms with Gasteiger partial charge in [-0.05, 0) is 13.8 Å². The first-order chi connectivity index (χ1) is 21.2. The van der Waals surface area contributed by atoms with Crippen molar-refractivity contribution in [3.63, 3.8) is 0 Å². The van der Waals surface area contributed by atoms with Crippen LogP contribution in [-0.2, 0) is 42.3 Å². The van der Waals surface area contributed by atoms with Gasteiger partial charge in [-0.2, -0.15) is 9.36 Å². The molecule has 0 unspecified atom stereocenters. The Balaban J connectivity index is 1.54. The molecule has 20 nitrogen and oxygen atoms in total. The summed E-state index contributed by atoms with van der Waals surface area (Å²) in [6, 6.07) is -1.19. The molecule has 2 atom stereocenters. The number of ether oxygens (including phenoxy) is 1. The Hall–Kier alpha value is -4.96. The first kappa shape index (κ1) is 32.9. The van der Waals surface area contributed by atoms with Crippen LogP contribution < -0.4 is 37.6 Å². The van der Waals surface area contributed by atoms with Crippen LogP contribution in [0.25, 0.3) is 0 Å². The van der Waals surface area contributed by atoms with Crippen LogP contribution in [0.2, 0.25) is 0 Å². The van der Waals surface area contributed by atoms with E-state index < -0.39 is 52.6 Å². The molecular weight excluding hydrogens is 638 g/mol. The number of thioether (sulfide) groups is 1. The topological polar surface area (TPSA) is 299 Å². The average Bonchev–Trinajstić information content (AvgIpc) is 3.52. The number of nitrogens with one attached hydrogen (secondary N) is 2. The Kier molecular flexibility index (Phi) is 9.48. The maximum atomic E-state index is 13.2. The van der Waals surface area contributed by atoms with Gasteiger partial charge in [0.25, 0.3) is 11.8 Å². The summed E-state index contributed by atoms with van der Waals surface area (Å²) >= 11 is 1.92. The van der Waals surface area contributed by atoms with Gasteiger partial charge in [-0.3, -0.25) is 19.8 Å². The number of anilines is 3. The number of hydrogen-bond donors (Lipinski definition) is 6. The Morgan fingerprint density at radius 3 is 2.62 bits per heavy atom. The fraction of sp³-hybridized carbons (Fsp3) is 0.435. The highest BCUT2D eigenvalue weighted by atomic mass is 32.2. The zero-order valence-electron chi connectivity index (χ0n) is 24.0. The van der Waals surface area contributed by atoms with Crippen molar-refractivity contribution in [2.75, 3.05) is 35.7 Å². The predicted octanol–water partition coefficient (Wildman–Crippen LogP) is -3.48. The first-order valence-electron chi connectivity index (χ1n) is 12.9. The van der Waals surface area contributed by atoms with E-state index in [1.807, 2.05) is 0 Å². The van der Waals surface area contributed by atoms with Gasteiger partial charge in [-0.15, -0.1) is 21.1 Å². The number of carboxylic acid groups (broad SMARTS) is 2. The third-order valence-electron chi connectivity index (χ3n) is 6.50. The van der Waals surface area contributed by atoms with Crippen LogP contribution in [0.4, 0.5) is 21.4 Å². The van der Waals surface area contributed by atoms with Crippen molar-refractivity contribution in [1.82, 2.24) is 24.3 Å². The molecule has 1 saturated heterocycles. The number of nitrogen functional groups attached to an aromatic ring is 2. The Morgan fingerprint density at radius 2 is 2.02 bits per heavy atom. The standard InChI is InChI=1S/C23H29N11O9S2/c1-23(2,20(39)40)43-30-11(15-29-21(26)45-31-15)16(35)28-12-17(36)34-13(19(37)38)9(8-44-18(12)34)6-33-7-10(14(25)32(33)3)27-22(41)42-5-4-24/h7,12,18,25H,4-6,8,24H2,1-3H3,(H6,26,27,28,29,31,35,37,38,39,40,41)/b30-11-/t12-,18-/m1/s1. The Labute approximate surface area is 262 Å². The second kappa shape index (κ2) is 13.0. The molecule has 4 rings (SSSR count). The van der Waals surface area contributed by atoms with Crippen LogP contribution in [0, 0.1) is 0 Å². The number of carboxylic acids is 2. The van der Waals surface area contributed by atoms with Gasteiger partial charge in [0.15, 0.2) is 23.2 Å². The number of fused-ring (bicyclic) bond motifs is 1. The third kappa shape index (κ3) is 6.76. The maximum Gasteiger partial charge on any atom is 0.411 e. The molecule has 0 bridgehead atoms. The quantitative estimate of drug-likeness (QED) is 0.0554. The number of carbonyl (C=O) groups excluding carboxylic acids is 4. The fourth-order valence-electron chi connectivity index (χ4n) is 4.07. The van der Waals surface area contributed by atoms with E-state index in [-0.39, 0.29) is 53.6 Å². The van der Waals surface area contributed by atoms with Crippen molar-refractivity contribution in [2.24, 2.45) is 17.9 Å². The van der Waals surface area contributed by atoms with E-state index in [4.69, 9.17) is 26.8 Å². The van der Waals surface area contributed by atoms with Gasteiger partial charge < -0.3 is 47.1 Å². The molecule has 0 aliphatic carbocycles. The van der Waals surface area contributed by atoms with E-state index in [9.17, 15) is 34.2 Å². The number of β-lactam (4-membered cyclic amide) rings is 1. The van der Waals surface area contributed by atoms with Gasteiger partial charge in [-0.1, -0.05) is 5.16 Å². The lowest BCUT2D eigenvalue weighted by Gasteiger charge is -2.50.